The Morgan fingerprint density at radius 3 is 2.23 bits per heavy atom. The molecule has 3 rings (SSSR count). The number of aliphatic hydroxyl groups excluding tert-OH is 1. The number of halogens is 1. The number of aliphatic hydroxyl groups is 1. The van der Waals surface area contributed by atoms with Gasteiger partial charge in [-0.25, -0.2) is 4.39 Å². The van der Waals surface area contributed by atoms with Gasteiger partial charge in [0, 0.05) is 5.41 Å². The Labute approximate surface area is 128 Å². The molecule has 3 nitrogen and oxygen atoms in total. The van der Waals surface area contributed by atoms with Crippen LogP contribution in [0.15, 0.2) is 42.5 Å². The van der Waals surface area contributed by atoms with Crippen molar-refractivity contribution in [1.29, 1.82) is 0 Å². The van der Waals surface area contributed by atoms with Crippen LogP contribution in [0.4, 0.5) is 4.39 Å². The predicted molar refractivity (Wildman–Crippen MR) is 81.2 cm³/mol. The second-order valence-corrected chi connectivity index (χ2v) is 5.89. The van der Waals surface area contributed by atoms with Crippen LogP contribution >= 0.6 is 0 Å². The fourth-order valence-electron chi connectivity index (χ4n) is 2.74. The van der Waals surface area contributed by atoms with E-state index >= 15 is 0 Å². The minimum absolute atomic E-state index is 0.0743. The zero-order valence-corrected chi connectivity index (χ0v) is 12.1. The lowest BCUT2D eigenvalue weighted by Crippen LogP contribution is -2.11. The number of carbonyl (C=O) groups is 1. The normalized spacial score (nSPS) is 15.5. The molecule has 0 spiro atoms. The summed E-state index contributed by atoms with van der Waals surface area (Å²) >= 11 is 0. The number of aliphatic carboxylic acids is 1. The van der Waals surface area contributed by atoms with Gasteiger partial charge in [0.05, 0.1) is 13.0 Å². The van der Waals surface area contributed by atoms with Gasteiger partial charge in [0.25, 0.3) is 0 Å². The van der Waals surface area contributed by atoms with Crippen LogP contribution < -0.4 is 0 Å². The number of carboxylic acid groups (broad SMARTS) is 1. The van der Waals surface area contributed by atoms with Gasteiger partial charge in [0.1, 0.15) is 5.82 Å². The Kier molecular flexibility index (Phi) is 3.71. The molecule has 0 heterocycles. The molecular formula is C18H17FO3. The van der Waals surface area contributed by atoms with Crippen LogP contribution in [0.5, 0.6) is 0 Å². The molecule has 114 valence electrons. The summed E-state index contributed by atoms with van der Waals surface area (Å²) in [6.07, 6.45) is 1.69. The SMILES string of the molecule is O=C(O)Cc1ccc(-c2ccc(C3(CO)CC3)cc2)cc1F. The van der Waals surface area contributed by atoms with Crippen molar-refractivity contribution in [2.75, 3.05) is 6.61 Å². The first-order chi connectivity index (χ1) is 10.5. The molecule has 1 saturated carbocycles. The van der Waals surface area contributed by atoms with Crippen molar-refractivity contribution >= 4 is 5.97 Å². The van der Waals surface area contributed by atoms with E-state index < -0.39 is 11.8 Å². The summed E-state index contributed by atoms with van der Waals surface area (Å²) < 4.78 is 13.9. The van der Waals surface area contributed by atoms with Crippen LogP contribution in [0.2, 0.25) is 0 Å². The third-order valence-electron chi connectivity index (χ3n) is 4.38. The molecule has 0 aliphatic heterocycles. The minimum atomic E-state index is -1.05. The largest absolute Gasteiger partial charge is 0.481 e. The van der Waals surface area contributed by atoms with E-state index in [1.165, 1.54) is 12.1 Å². The lowest BCUT2D eigenvalue weighted by Gasteiger charge is -2.13. The maximum Gasteiger partial charge on any atom is 0.307 e. The van der Waals surface area contributed by atoms with Crippen LogP contribution in [0.3, 0.4) is 0 Å². The van der Waals surface area contributed by atoms with Gasteiger partial charge in [0.2, 0.25) is 0 Å². The summed E-state index contributed by atoms with van der Waals surface area (Å²) in [6, 6.07) is 12.4. The van der Waals surface area contributed by atoms with Gasteiger partial charge < -0.3 is 10.2 Å². The van der Waals surface area contributed by atoms with Crippen LogP contribution in [0.1, 0.15) is 24.0 Å². The van der Waals surface area contributed by atoms with Crippen LogP contribution in [-0.4, -0.2) is 22.8 Å². The molecule has 2 aromatic carbocycles. The summed E-state index contributed by atoms with van der Waals surface area (Å²) in [7, 11) is 0. The first-order valence-corrected chi connectivity index (χ1v) is 7.26. The maximum absolute atomic E-state index is 13.9. The van der Waals surface area contributed by atoms with Gasteiger partial charge in [-0.2, -0.15) is 0 Å². The van der Waals surface area contributed by atoms with E-state index in [2.05, 4.69) is 0 Å². The van der Waals surface area contributed by atoms with Gasteiger partial charge in [-0.1, -0.05) is 36.4 Å². The van der Waals surface area contributed by atoms with Crippen molar-refractivity contribution in [1.82, 2.24) is 0 Å². The van der Waals surface area contributed by atoms with E-state index in [-0.39, 0.29) is 24.0 Å². The zero-order valence-electron chi connectivity index (χ0n) is 12.1. The van der Waals surface area contributed by atoms with E-state index in [0.29, 0.717) is 5.56 Å². The minimum Gasteiger partial charge on any atom is -0.481 e. The predicted octanol–water partition coefficient (Wildman–Crippen LogP) is 3.14. The molecule has 22 heavy (non-hydrogen) atoms. The fraction of sp³-hybridized carbons (Fsp3) is 0.278. The van der Waals surface area contributed by atoms with Crippen LogP contribution in [0.25, 0.3) is 11.1 Å². The molecule has 1 aliphatic rings. The second kappa shape index (κ2) is 5.54. The maximum atomic E-state index is 13.9. The topological polar surface area (TPSA) is 57.5 Å². The smallest absolute Gasteiger partial charge is 0.307 e. The molecule has 0 saturated heterocycles. The average Bonchev–Trinajstić information content (AvgIpc) is 3.30. The summed E-state index contributed by atoms with van der Waals surface area (Å²) in [5.74, 6) is -1.55. The molecule has 0 bridgehead atoms. The Morgan fingerprint density at radius 2 is 1.73 bits per heavy atom. The summed E-state index contributed by atoms with van der Waals surface area (Å²) in [5, 5.41) is 18.2. The summed E-state index contributed by atoms with van der Waals surface area (Å²) in [4.78, 5) is 10.7. The third kappa shape index (κ3) is 2.74. The highest BCUT2D eigenvalue weighted by molar-refractivity contribution is 5.71. The molecule has 0 atom stereocenters. The van der Waals surface area contributed by atoms with Crippen LogP contribution in [-0.2, 0) is 16.6 Å². The van der Waals surface area contributed by atoms with Crippen molar-refractivity contribution in [3.05, 3.63) is 59.4 Å². The molecule has 1 aliphatic carbocycles. The van der Waals surface area contributed by atoms with Crippen LogP contribution in [0, 0.1) is 5.82 Å². The Bertz CT molecular complexity index is 703. The van der Waals surface area contributed by atoms with E-state index in [1.54, 1.807) is 6.07 Å². The molecule has 0 aromatic heterocycles. The van der Waals surface area contributed by atoms with Crippen molar-refractivity contribution in [2.24, 2.45) is 0 Å². The average molecular weight is 300 g/mol. The molecule has 0 unspecified atom stereocenters. The van der Waals surface area contributed by atoms with Crippen molar-refractivity contribution < 1.29 is 19.4 Å². The number of benzene rings is 2. The van der Waals surface area contributed by atoms with E-state index in [0.717, 1.165) is 24.0 Å². The second-order valence-electron chi connectivity index (χ2n) is 5.89. The Hall–Kier alpha value is -2.20. The lowest BCUT2D eigenvalue weighted by molar-refractivity contribution is -0.136. The third-order valence-corrected chi connectivity index (χ3v) is 4.38. The standard InChI is InChI=1S/C18H17FO3/c19-16-9-13(1-2-14(16)10-17(21)22)12-3-5-15(6-4-12)18(11-20)7-8-18/h1-6,9,20H,7-8,10-11H2,(H,21,22). The lowest BCUT2D eigenvalue weighted by atomic mass is 9.94. The molecule has 2 N–H and O–H groups in total. The number of rotatable bonds is 5. The molecule has 2 aromatic rings. The van der Waals surface area contributed by atoms with E-state index in [1.807, 2.05) is 24.3 Å². The fourth-order valence-corrected chi connectivity index (χ4v) is 2.74. The quantitative estimate of drug-likeness (QED) is 0.892. The van der Waals surface area contributed by atoms with Gasteiger partial charge in [-0.15, -0.1) is 0 Å². The van der Waals surface area contributed by atoms with Crippen molar-refractivity contribution in [2.45, 2.75) is 24.7 Å². The van der Waals surface area contributed by atoms with Crippen molar-refractivity contribution in [3.63, 3.8) is 0 Å². The van der Waals surface area contributed by atoms with Gasteiger partial charge >= 0.3 is 5.97 Å². The zero-order chi connectivity index (χ0) is 15.7. The van der Waals surface area contributed by atoms with Gasteiger partial charge in [0.15, 0.2) is 0 Å². The summed E-state index contributed by atoms with van der Waals surface area (Å²) in [5.41, 5.74) is 2.81. The number of hydrogen-bond acceptors (Lipinski definition) is 2. The first-order valence-electron chi connectivity index (χ1n) is 7.26. The van der Waals surface area contributed by atoms with E-state index in [9.17, 15) is 14.3 Å². The Balaban J connectivity index is 1.85. The van der Waals surface area contributed by atoms with E-state index in [4.69, 9.17) is 5.11 Å². The van der Waals surface area contributed by atoms with Gasteiger partial charge in [-0.3, -0.25) is 4.79 Å². The van der Waals surface area contributed by atoms with Crippen molar-refractivity contribution in [3.8, 4) is 11.1 Å². The highest BCUT2D eigenvalue weighted by Crippen LogP contribution is 2.47. The highest BCUT2D eigenvalue weighted by atomic mass is 19.1. The highest BCUT2D eigenvalue weighted by Gasteiger charge is 2.43. The Morgan fingerprint density at radius 1 is 1.09 bits per heavy atom. The van der Waals surface area contributed by atoms with Gasteiger partial charge in [-0.05, 0) is 41.2 Å². The summed E-state index contributed by atoms with van der Waals surface area (Å²) in [6.45, 7) is 0.158. The molecule has 0 radical (unpaired) electrons. The molecular weight excluding hydrogens is 283 g/mol. The molecule has 1 fully saturated rings. The first kappa shape index (κ1) is 14.7. The number of hydrogen-bond donors (Lipinski definition) is 2. The molecule has 0 amide bonds. The monoisotopic (exact) mass is 300 g/mol. The number of carboxylic acids is 1. The molecule has 4 heteroatoms.